The SMILES string of the molecule is COc1ccc(C(=O)Nc2ccn(Cc3ccc(Cl)cc3)n2)cc1. The van der Waals surface area contributed by atoms with E-state index in [1.165, 1.54) is 0 Å². The molecule has 0 atom stereocenters. The average molecular weight is 342 g/mol. The Morgan fingerprint density at radius 2 is 1.83 bits per heavy atom. The van der Waals surface area contributed by atoms with Gasteiger partial charge in [0.1, 0.15) is 5.75 Å². The predicted octanol–water partition coefficient (Wildman–Crippen LogP) is 3.85. The van der Waals surface area contributed by atoms with Crippen molar-refractivity contribution < 1.29 is 9.53 Å². The lowest BCUT2D eigenvalue weighted by Gasteiger charge is -2.04. The minimum absolute atomic E-state index is 0.214. The van der Waals surface area contributed by atoms with Crippen LogP contribution in [0, 0.1) is 0 Å². The molecular weight excluding hydrogens is 326 g/mol. The summed E-state index contributed by atoms with van der Waals surface area (Å²) in [5, 5.41) is 7.83. The maximum absolute atomic E-state index is 12.2. The fourth-order valence-corrected chi connectivity index (χ4v) is 2.35. The van der Waals surface area contributed by atoms with Gasteiger partial charge >= 0.3 is 0 Å². The highest BCUT2D eigenvalue weighted by Gasteiger charge is 2.08. The Morgan fingerprint density at radius 1 is 1.12 bits per heavy atom. The van der Waals surface area contributed by atoms with Crippen molar-refractivity contribution in [1.29, 1.82) is 0 Å². The van der Waals surface area contributed by atoms with Crippen LogP contribution >= 0.6 is 11.6 Å². The topological polar surface area (TPSA) is 56.1 Å². The standard InChI is InChI=1S/C18H16ClN3O2/c1-24-16-8-4-14(5-9-16)18(23)20-17-10-11-22(21-17)12-13-2-6-15(19)7-3-13/h2-11H,12H2,1H3,(H,20,21,23). The van der Waals surface area contributed by atoms with Crippen molar-refractivity contribution in [2.24, 2.45) is 0 Å². The van der Waals surface area contributed by atoms with Gasteiger partial charge in [0, 0.05) is 22.8 Å². The Balaban J connectivity index is 1.64. The van der Waals surface area contributed by atoms with E-state index in [9.17, 15) is 4.79 Å². The molecule has 0 radical (unpaired) electrons. The van der Waals surface area contributed by atoms with Crippen LogP contribution < -0.4 is 10.1 Å². The normalized spacial score (nSPS) is 10.4. The van der Waals surface area contributed by atoms with Crippen LogP contribution in [0.3, 0.4) is 0 Å². The zero-order valence-electron chi connectivity index (χ0n) is 13.1. The van der Waals surface area contributed by atoms with E-state index < -0.39 is 0 Å². The first-order valence-corrected chi connectivity index (χ1v) is 7.75. The fourth-order valence-electron chi connectivity index (χ4n) is 2.22. The molecule has 0 aliphatic carbocycles. The van der Waals surface area contributed by atoms with Crippen molar-refractivity contribution >= 4 is 23.3 Å². The van der Waals surface area contributed by atoms with Gasteiger partial charge in [-0.15, -0.1) is 0 Å². The second kappa shape index (κ2) is 7.19. The zero-order valence-corrected chi connectivity index (χ0v) is 13.8. The van der Waals surface area contributed by atoms with E-state index in [2.05, 4.69) is 10.4 Å². The lowest BCUT2D eigenvalue weighted by atomic mass is 10.2. The van der Waals surface area contributed by atoms with Gasteiger partial charge in [-0.25, -0.2) is 0 Å². The Labute approximate surface area is 144 Å². The number of nitrogens with one attached hydrogen (secondary N) is 1. The number of carbonyl (C=O) groups is 1. The van der Waals surface area contributed by atoms with Crippen LogP contribution in [-0.2, 0) is 6.54 Å². The Bertz CT molecular complexity index is 826. The lowest BCUT2D eigenvalue weighted by molar-refractivity contribution is 0.102. The van der Waals surface area contributed by atoms with Gasteiger partial charge in [-0.1, -0.05) is 23.7 Å². The minimum Gasteiger partial charge on any atom is -0.497 e. The molecule has 0 aliphatic rings. The molecule has 3 rings (SSSR count). The van der Waals surface area contributed by atoms with E-state index in [0.29, 0.717) is 28.7 Å². The van der Waals surface area contributed by atoms with Crippen molar-refractivity contribution in [1.82, 2.24) is 9.78 Å². The molecule has 1 amide bonds. The molecule has 122 valence electrons. The molecule has 3 aromatic rings. The number of ether oxygens (including phenoxy) is 1. The van der Waals surface area contributed by atoms with E-state index in [1.54, 1.807) is 42.1 Å². The molecule has 0 aliphatic heterocycles. The monoisotopic (exact) mass is 341 g/mol. The molecule has 0 saturated heterocycles. The van der Waals surface area contributed by atoms with Gasteiger partial charge in [-0.05, 0) is 42.0 Å². The molecule has 0 saturated carbocycles. The van der Waals surface area contributed by atoms with E-state index in [1.807, 2.05) is 30.5 Å². The summed E-state index contributed by atoms with van der Waals surface area (Å²) in [5.41, 5.74) is 1.62. The predicted molar refractivity (Wildman–Crippen MR) is 93.7 cm³/mol. The second-order valence-electron chi connectivity index (χ2n) is 5.21. The van der Waals surface area contributed by atoms with Crippen LogP contribution in [0.4, 0.5) is 5.82 Å². The summed E-state index contributed by atoms with van der Waals surface area (Å²) in [6.45, 7) is 0.607. The lowest BCUT2D eigenvalue weighted by Crippen LogP contribution is -2.12. The van der Waals surface area contributed by atoms with Crippen LogP contribution in [0.15, 0.2) is 60.8 Å². The number of methoxy groups -OCH3 is 1. The van der Waals surface area contributed by atoms with E-state index >= 15 is 0 Å². The maximum atomic E-state index is 12.2. The fraction of sp³-hybridized carbons (Fsp3) is 0.111. The third kappa shape index (κ3) is 3.94. The average Bonchev–Trinajstić information content (AvgIpc) is 3.04. The molecule has 2 aromatic carbocycles. The number of nitrogens with zero attached hydrogens (tertiary/aromatic N) is 2. The summed E-state index contributed by atoms with van der Waals surface area (Å²) < 4.78 is 6.84. The third-order valence-electron chi connectivity index (χ3n) is 3.49. The number of rotatable bonds is 5. The first-order valence-electron chi connectivity index (χ1n) is 7.37. The van der Waals surface area contributed by atoms with Gasteiger partial charge in [0.05, 0.1) is 13.7 Å². The molecule has 1 heterocycles. The highest BCUT2D eigenvalue weighted by Crippen LogP contribution is 2.14. The van der Waals surface area contributed by atoms with Gasteiger partial charge in [0.25, 0.3) is 5.91 Å². The number of halogens is 1. The molecular formula is C18H16ClN3O2. The van der Waals surface area contributed by atoms with Crippen molar-refractivity contribution in [2.75, 3.05) is 12.4 Å². The zero-order chi connectivity index (χ0) is 16.9. The Hall–Kier alpha value is -2.79. The number of aromatic nitrogens is 2. The molecule has 6 heteroatoms. The van der Waals surface area contributed by atoms with Crippen LogP contribution in [0.1, 0.15) is 15.9 Å². The second-order valence-corrected chi connectivity index (χ2v) is 5.64. The van der Waals surface area contributed by atoms with Crippen LogP contribution in [-0.4, -0.2) is 22.8 Å². The smallest absolute Gasteiger partial charge is 0.256 e. The number of amides is 1. The summed E-state index contributed by atoms with van der Waals surface area (Å²) in [5.74, 6) is 0.998. The van der Waals surface area contributed by atoms with Gasteiger partial charge in [-0.2, -0.15) is 5.10 Å². The van der Waals surface area contributed by atoms with Gasteiger partial charge in [0.2, 0.25) is 0 Å². The summed E-state index contributed by atoms with van der Waals surface area (Å²) in [6.07, 6.45) is 1.82. The Morgan fingerprint density at radius 3 is 2.50 bits per heavy atom. The molecule has 0 spiro atoms. The number of hydrogen-bond acceptors (Lipinski definition) is 3. The highest BCUT2D eigenvalue weighted by atomic mass is 35.5. The third-order valence-corrected chi connectivity index (χ3v) is 3.74. The number of benzene rings is 2. The van der Waals surface area contributed by atoms with Gasteiger partial charge < -0.3 is 10.1 Å². The Kier molecular flexibility index (Phi) is 4.82. The molecule has 5 nitrogen and oxygen atoms in total. The minimum atomic E-state index is -0.214. The quantitative estimate of drug-likeness (QED) is 0.767. The summed E-state index contributed by atoms with van der Waals surface area (Å²) in [4.78, 5) is 12.2. The van der Waals surface area contributed by atoms with Crippen LogP contribution in [0.5, 0.6) is 5.75 Å². The number of carbonyl (C=O) groups excluding carboxylic acids is 1. The number of anilines is 1. The summed E-state index contributed by atoms with van der Waals surface area (Å²) >= 11 is 5.88. The first-order chi connectivity index (χ1) is 11.6. The first kappa shape index (κ1) is 16.1. The summed E-state index contributed by atoms with van der Waals surface area (Å²) in [6, 6.07) is 16.2. The highest BCUT2D eigenvalue weighted by molar-refractivity contribution is 6.30. The van der Waals surface area contributed by atoms with E-state index in [4.69, 9.17) is 16.3 Å². The molecule has 0 fully saturated rings. The van der Waals surface area contributed by atoms with Crippen LogP contribution in [0.2, 0.25) is 5.02 Å². The van der Waals surface area contributed by atoms with Gasteiger partial charge in [0.15, 0.2) is 5.82 Å². The largest absolute Gasteiger partial charge is 0.497 e. The molecule has 1 aromatic heterocycles. The molecule has 0 unspecified atom stereocenters. The van der Waals surface area contributed by atoms with Crippen molar-refractivity contribution in [3.8, 4) is 5.75 Å². The van der Waals surface area contributed by atoms with Crippen molar-refractivity contribution in [3.63, 3.8) is 0 Å². The van der Waals surface area contributed by atoms with E-state index in [0.717, 1.165) is 5.56 Å². The molecule has 24 heavy (non-hydrogen) atoms. The van der Waals surface area contributed by atoms with E-state index in [-0.39, 0.29) is 5.91 Å². The van der Waals surface area contributed by atoms with Gasteiger partial charge in [-0.3, -0.25) is 9.48 Å². The van der Waals surface area contributed by atoms with Crippen molar-refractivity contribution in [2.45, 2.75) is 6.54 Å². The van der Waals surface area contributed by atoms with Crippen LogP contribution in [0.25, 0.3) is 0 Å². The molecule has 1 N–H and O–H groups in total. The molecule has 0 bridgehead atoms. The summed E-state index contributed by atoms with van der Waals surface area (Å²) in [7, 11) is 1.59. The van der Waals surface area contributed by atoms with Crippen molar-refractivity contribution in [3.05, 3.63) is 76.9 Å². The maximum Gasteiger partial charge on any atom is 0.256 e. The number of hydrogen-bond donors (Lipinski definition) is 1.